The van der Waals surface area contributed by atoms with Gasteiger partial charge in [-0.05, 0) is 66.1 Å². The zero-order valence-electron chi connectivity index (χ0n) is 20.0. The summed E-state index contributed by atoms with van der Waals surface area (Å²) in [5.74, 6) is -0.441. The van der Waals surface area contributed by atoms with Gasteiger partial charge in [0.05, 0.1) is 7.11 Å². The van der Waals surface area contributed by atoms with Crippen LogP contribution in [0.15, 0.2) is 60.7 Å². The molecule has 0 heterocycles. The van der Waals surface area contributed by atoms with Crippen molar-refractivity contribution < 1.29 is 19.4 Å². The first-order chi connectivity index (χ1) is 16.6. The molecular weight excluding hydrogens is 426 g/mol. The molecule has 0 amide bonds. The van der Waals surface area contributed by atoms with Gasteiger partial charge in [0.1, 0.15) is 6.61 Å². The molecule has 0 aromatic heterocycles. The summed E-state index contributed by atoms with van der Waals surface area (Å²) in [7, 11) is 1.44. The summed E-state index contributed by atoms with van der Waals surface area (Å²) in [6, 6.07) is 16.8. The summed E-state index contributed by atoms with van der Waals surface area (Å²) < 4.78 is 4.74. The quantitative estimate of drug-likeness (QED) is 0.248. The van der Waals surface area contributed by atoms with Crippen LogP contribution in [0.3, 0.4) is 0 Å². The highest BCUT2D eigenvalue weighted by Crippen LogP contribution is 2.29. The first-order valence-electron chi connectivity index (χ1n) is 12.1. The highest BCUT2D eigenvalue weighted by molar-refractivity contribution is 5.94. The molecule has 0 aliphatic heterocycles. The largest absolute Gasteiger partial charge is 0.469 e. The number of allylic oxidation sites excluding steroid dienone is 1. The van der Waals surface area contributed by atoms with Gasteiger partial charge in [0.2, 0.25) is 0 Å². The summed E-state index contributed by atoms with van der Waals surface area (Å²) in [6.45, 7) is 2.34. The number of hydrogen-bond donors (Lipinski definition) is 1. The maximum atomic E-state index is 11.4. The molecule has 0 saturated heterocycles. The molecule has 5 heteroatoms. The number of ether oxygens (including phenoxy) is 1. The number of hydrogen-bond acceptors (Lipinski definition) is 5. The van der Waals surface area contributed by atoms with Crippen LogP contribution in [0.25, 0.3) is 11.6 Å². The fraction of sp³-hybridized carbons (Fsp3) is 0.379. The Morgan fingerprint density at radius 1 is 1.03 bits per heavy atom. The van der Waals surface area contributed by atoms with Gasteiger partial charge >= 0.3 is 5.97 Å². The van der Waals surface area contributed by atoms with Crippen molar-refractivity contribution in [3.05, 3.63) is 82.9 Å². The standard InChI is InChI=1S/C29H35NO4/c1-34-29(33)9-3-2-6-19-30(20-18-26-16-15-25-7-4-5-8-28(25)26)21-24-12-10-23(11-13-24)14-17-27(32)22-31/h4-5,7-8,10-14,16-17,31H,2-3,6,9,15,18-22H2,1H3/b17-14+. The number of methoxy groups -OCH3 is 1. The predicted octanol–water partition coefficient (Wildman–Crippen LogP) is 4.83. The van der Waals surface area contributed by atoms with Gasteiger partial charge in [0, 0.05) is 19.5 Å². The average molecular weight is 462 g/mol. The number of ketones is 1. The number of carbonyl (C=O) groups is 2. The lowest BCUT2D eigenvalue weighted by Gasteiger charge is -2.23. The van der Waals surface area contributed by atoms with E-state index in [0.29, 0.717) is 6.42 Å². The van der Waals surface area contributed by atoms with Crippen LogP contribution in [0.1, 0.15) is 54.4 Å². The van der Waals surface area contributed by atoms with Crippen molar-refractivity contribution >= 4 is 23.4 Å². The van der Waals surface area contributed by atoms with E-state index in [1.54, 1.807) is 6.08 Å². The number of unbranched alkanes of at least 4 members (excludes halogenated alkanes) is 2. The van der Waals surface area contributed by atoms with Gasteiger partial charge in [-0.25, -0.2) is 0 Å². The number of fused-ring (bicyclic) bond motifs is 1. The molecule has 34 heavy (non-hydrogen) atoms. The van der Waals surface area contributed by atoms with E-state index in [2.05, 4.69) is 47.4 Å². The van der Waals surface area contributed by atoms with E-state index >= 15 is 0 Å². The first-order valence-corrected chi connectivity index (χ1v) is 12.1. The monoisotopic (exact) mass is 461 g/mol. The molecular formula is C29H35NO4. The Morgan fingerprint density at radius 3 is 2.59 bits per heavy atom. The minimum atomic E-state index is -0.468. The van der Waals surface area contributed by atoms with Crippen LogP contribution in [-0.4, -0.2) is 48.6 Å². The molecule has 2 aromatic carbocycles. The van der Waals surface area contributed by atoms with Gasteiger partial charge in [-0.15, -0.1) is 0 Å². The number of aliphatic hydroxyl groups is 1. The van der Waals surface area contributed by atoms with Gasteiger partial charge < -0.3 is 9.84 Å². The van der Waals surface area contributed by atoms with Gasteiger partial charge in [0.15, 0.2) is 5.78 Å². The maximum Gasteiger partial charge on any atom is 0.305 e. The van der Waals surface area contributed by atoms with E-state index < -0.39 is 6.61 Å². The SMILES string of the molecule is COC(=O)CCCCCN(CCC1=CCc2ccccc21)Cc1ccc(/C=C/C(=O)CO)cc1. The normalized spacial score (nSPS) is 12.7. The Bertz CT molecular complexity index is 1010. The van der Waals surface area contributed by atoms with Crippen LogP contribution in [-0.2, 0) is 27.3 Å². The lowest BCUT2D eigenvalue weighted by molar-refractivity contribution is -0.140. The number of aliphatic hydroxyl groups excluding tert-OH is 1. The van der Waals surface area contributed by atoms with Crippen LogP contribution in [0.5, 0.6) is 0 Å². The van der Waals surface area contributed by atoms with Crippen LogP contribution < -0.4 is 0 Å². The summed E-state index contributed by atoms with van der Waals surface area (Å²) >= 11 is 0. The molecule has 0 spiro atoms. The van der Waals surface area contributed by atoms with Crippen molar-refractivity contribution in [3.8, 4) is 0 Å². The van der Waals surface area contributed by atoms with Crippen LogP contribution >= 0.6 is 0 Å². The molecule has 180 valence electrons. The number of esters is 1. The lowest BCUT2D eigenvalue weighted by Crippen LogP contribution is -2.26. The summed E-state index contributed by atoms with van der Waals surface area (Å²) in [4.78, 5) is 25.1. The number of benzene rings is 2. The molecule has 3 rings (SSSR count). The summed E-state index contributed by atoms with van der Waals surface area (Å²) in [5, 5.41) is 8.85. The van der Waals surface area contributed by atoms with Gasteiger partial charge in [-0.3, -0.25) is 14.5 Å². The molecule has 1 aliphatic carbocycles. The third-order valence-electron chi connectivity index (χ3n) is 6.22. The first kappa shape index (κ1) is 25.6. The molecule has 0 atom stereocenters. The third-order valence-corrected chi connectivity index (χ3v) is 6.22. The summed E-state index contributed by atoms with van der Waals surface area (Å²) in [6.07, 6.45) is 10.9. The van der Waals surface area contributed by atoms with E-state index in [9.17, 15) is 9.59 Å². The molecule has 1 N–H and O–H groups in total. The molecule has 0 radical (unpaired) electrons. The highest BCUT2D eigenvalue weighted by atomic mass is 16.5. The molecule has 0 bridgehead atoms. The van der Waals surface area contributed by atoms with Gasteiger partial charge in [0.25, 0.3) is 0 Å². The lowest BCUT2D eigenvalue weighted by atomic mass is 10.0. The molecule has 0 fully saturated rings. The Morgan fingerprint density at radius 2 is 1.82 bits per heavy atom. The Balaban J connectivity index is 1.57. The topological polar surface area (TPSA) is 66.8 Å². The number of carbonyl (C=O) groups excluding carboxylic acids is 2. The van der Waals surface area contributed by atoms with Crippen LogP contribution in [0.4, 0.5) is 0 Å². The van der Waals surface area contributed by atoms with E-state index in [-0.39, 0.29) is 11.8 Å². The highest BCUT2D eigenvalue weighted by Gasteiger charge is 2.15. The minimum Gasteiger partial charge on any atom is -0.469 e. The zero-order valence-corrected chi connectivity index (χ0v) is 20.0. The van der Waals surface area contributed by atoms with Crippen molar-refractivity contribution in [2.24, 2.45) is 0 Å². The molecule has 1 aliphatic rings. The second kappa shape index (κ2) is 13.6. The van der Waals surface area contributed by atoms with Gasteiger partial charge in [-0.1, -0.05) is 67.1 Å². The van der Waals surface area contributed by atoms with Crippen LogP contribution in [0, 0.1) is 0 Å². The second-order valence-corrected chi connectivity index (χ2v) is 8.70. The van der Waals surface area contributed by atoms with E-state index in [1.807, 2.05) is 12.1 Å². The molecule has 2 aromatic rings. The third kappa shape index (κ3) is 8.08. The molecule has 0 saturated carbocycles. The number of rotatable bonds is 14. The van der Waals surface area contributed by atoms with Crippen LogP contribution in [0.2, 0.25) is 0 Å². The van der Waals surface area contributed by atoms with Crippen molar-refractivity contribution in [3.63, 3.8) is 0 Å². The second-order valence-electron chi connectivity index (χ2n) is 8.70. The number of nitrogens with zero attached hydrogens (tertiary/aromatic N) is 1. The Kier molecular flexibility index (Phi) is 10.3. The van der Waals surface area contributed by atoms with E-state index in [0.717, 1.165) is 57.3 Å². The average Bonchev–Trinajstić information content (AvgIpc) is 3.29. The van der Waals surface area contributed by atoms with E-state index in [4.69, 9.17) is 9.84 Å². The van der Waals surface area contributed by atoms with Gasteiger partial charge in [-0.2, -0.15) is 0 Å². The molecule has 5 nitrogen and oxygen atoms in total. The van der Waals surface area contributed by atoms with Crippen molar-refractivity contribution in [2.75, 3.05) is 26.8 Å². The Hall–Kier alpha value is -3.02. The van der Waals surface area contributed by atoms with E-state index in [1.165, 1.54) is 35.4 Å². The predicted molar refractivity (Wildman–Crippen MR) is 136 cm³/mol. The summed E-state index contributed by atoms with van der Waals surface area (Å²) in [5.41, 5.74) is 6.39. The maximum absolute atomic E-state index is 11.4. The zero-order chi connectivity index (χ0) is 24.2. The minimum absolute atomic E-state index is 0.140. The fourth-order valence-corrected chi connectivity index (χ4v) is 4.26. The van der Waals surface area contributed by atoms with Crippen molar-refractivity contribution in [1.82, 2.24) is 4.90 Å². The Labute approximate surface area is 202 Å². The fourth-order valence-electron chi connectivity index (χ4n) is 4.26. The molecule has 0 unspecified atom stereocenters. The van der Waals surface area contributed by atoms with Crippen molar-refractivity contribution in [2.45, 2.75) is 45.1 Å². The smallest absolute Gasteiger partial charge is 0.305 e. The van der Waals surface area contributed by atoms with Crippen molar-refractivity contribution in [1.29, 1.82) is 0 Å².